The molecule has 2 aromatic carbocycles. The number of benzene rings is 2. The molecule has 0 unspecified atom stereocenters. The van der Waals surface area contributed by atoms with Crippen LogP contribution in [0, 0.1) is 0 Å². The van der Waals surface area contributed by atoms with Crippen LogP contribution in [-0.4, -0.2) is 80.4 Å². The summed E-state index contributed by atoms with van der Waals surface area (Å²) in [6.07, 6.45) is 1.09. The number of sulfonamides is 1. The molecule has 0 aliphatic carbocycles. The third-order valence-electron chi connectivity index (χ3n) is 5.20. The monoisotopic (exact) mass is 444 g/mol. The maximum Gasteiger partial charge on any atom is 0.253 e. The van der Waals surface area contributed by atoms with E-state index in [1.165, 1.54) is 0 Å². The van der Waals surface area contributed by atoms with Crippen LogP contribution in [0.4, 0.5) is 5.69 Å². The lowest BCUT2D eigenvalue weighted by Crippen LogP contribution is -2.47. The van der Waals surface area contributed by atoms with Gasteiger partial charge in [-0.25, -0.2) is 8.42 Å². The Morgan fingerprint density at radius 3 is 2.16 bits per heavy atom. The maximum absolute atomic E-state index is 12.6. The van der Waals surface area contributed by atoms with Gasteiger partial charge in [0.25, 0.3) is 5.91 Å². The van der Waals surface area contributed by atoms with E-state index < -0.39 is 15.9 Å². The molecule has 1 aliphatic heterocycles. The van der Waals surface area contributed by atoms with Gasteiger partial charge in [0.1, 0.15) is 0 Å². The Morgan fingerprint density at radius 2 is 1.58 bits per heavy atom. The standard InChI is InChI=1S/C22H28N4O4S/c1-24-12-14-25(15-13-24)22(28)19-8-10-20(11-9-19)23-21(27)17-26(31(2,29)30)16-18-6-4-3-5-7-18/h3-11H,12-17H2,1-2H3,(H,23,27). The zero-order valence-electron chi connectivity index (χ0n) is 17.8. The van der Waals surface area contributed by atoms with Crippen LogP contribution >= 0.6 is 0 Å². The summed E-state index contributed by atoms with van der Waals surface area (Å²) in [5.74, 6) is -0.475. The quantitative estimate of drug-likeness (QED) is 0.699. The molecule has 9 heteroatoms. The second-order valence-corrected chi connectivity index (χ2v) is 9.72. The normalized spacial score (nSPS) is 15.1. The molecule has 0 spiro atoms. The number of carbonyl (C=O) groups excluding carboxylic acids is 2. The zero-order chi connectivity index (χ0) is 22.4. The van der Waals surface area contributed by atoms with Crippen molar-refractivity contribution in [1.29, 1.82) is 0 Å². The number of hydrogen-bond donors (Lipinski definition) is 1. The summed E-state index contributed by atoms with van der Waals surface area (Å²) in [7, 11) is -1.53. The van der Waals surface area contributed by atoms with Crippen molar-refractivity contribution in [2.24, 2.45) is 0 Å². The molecule has 1 fully saturated rings. The van der Waals surface area contributed by atoms with Gasteiger partial charge in [0.15, 0.2) is 0 Å². The van der Waals surface area contributed by atoms with Crippen molar-refractivity contribution >= 4 is 27.5 Å². The molecule has 1 N–H and O–H groups in total. The highest BCUT2D eigenvalue weighted by Crippen LogP contribution is 2.14. The van der Waals surface area contributed by atoms with Gasteiger partial charge in [-0.05, 0) is 36.9 Å². The van der Waals surface area contributed by atoms with Crippen LogP contribution < -0.4 is 5.32 Å². The van der Waals surface area contributed by atoms with Gasteiger partial charge in [-0.1, -0.05) is 30.3 Å². The van der Waals surface area contributed by atoms with Crippen LogP contribution in [0.5, 0.6) is 0 Å². The lowest BCUT2D eigenvalue weighted by Gasteiger charge is -2.32. The minimum Gasteiger partial charge on any atom is -0.336 e. The summed E-state index contributed by atoms with van der Waals surface area (Å²) >= 11 is 0. The molecule has 0 atom stereocenters. The molecule has 1 aliphatic rings. The minimum absolute atomic E-state index is 0.0305. The Bertz CT molecular complexity index is 1000. The first kappa shape index (κ1) is 22.9. The Balaban J connectivity index is 1.59. The van der Waals surface area contributed by atoms with Crippen molar-refractivity contribution < 1.29 is 18.0 Å². The van der Waals surface area contributed by atoms with Crippen LogP contribution in [0.3, 0.4) is 0 Å². The van der Waals surface area contributed by atoms with E-state index in [9.17, 15) is 18.0 Å². The molecule has 1 saturated heterocycles. The van der Waals surface area contributed by atoms with E-state index in [2.05, 4.69) is 10.2 Å². The number of nitrogens with one attached hydrogen (secondary N) is 1. The summed E-state index contributed by atoms with van der Waals surface area (Å²) < 4.78 is 25.4. The Labute approximate surface area is 183 Å². The first-order chi connectivity index (χ1) is 14.7. The van der Waals surface area contributed by atoms with E-state index in [4.69, 9.17) is 0 Å². The number of rotatable bonds is 7. The summed E-state index contributed by atoms with van der Waals surface area (Å²) in [5.41, 5.74) is 1.87. The fourth-order valence-corrected chi connectivity index (χ4v) is 4.06. The number of anilines is 1. The van der Waals surface area contributed by atoms with E-state index in [0.29, 0.717) is 24.3 Å². The number of likely N-dealkylation sites (N-methyl/N-ethyl adjacent to an activating group) is 1. The first-order valence-electron chi connectivity index (χ1n) is 10.1. The summed E-state index contributed by atoms with van der Waals surface area (Å²) in [6.45, 7) is 2.90. The highest BCUT2D eigenvalue weighted by Gasteiger charge is 2.22. The lowest BCUT2D eigenvalue weighted by molar-refractivity contribution is -0.116. The highest BCUT2D eigenvalue weighted by atomic mass is 32.2. The van der Waals surface area contributed by atoms with Crippen molar-refractivity contribution in [3.8, 4) is 0 Å². The lowest BCUT2D eigenvalue weighted by atomic mass is 10.1. The van der Waals surface area contributed by atoms with Gasteiger partial charge in [0, 0.05) is 44.0 Å². The number of amides is 2. The minimum atomic E-state index is -3.57. The number of carbonyl (C=O) groups is 2. The molecule has 2 aromatic rings. The molecule has 1 heterocycles. The molecule has 31 heavy (non-hydrogen) atoms. The van der Waals surface area contributed by atoms with Crippen molar-refractivity contribution in [3.05, 3.63) is 65.7 Å². The molecule has 8 nitrogen and oxygen atoms in total. The fourth-order valence-electron chi connectivity index (χ4n) is 3.33. The molecule has 0 bridgehead atoms. The molecule has 0 aromatic heterocycles. The van der Waals surface area contributed by atoms with Gasteiger partial charge in [0.05, 0.1) is 12.8 Å². The van der Waals surface area contributed by atoms with E-state index >= 15 is 0 Å². The predicted octanol–water partition coefficient (Wildman–Crippen LogP) is 1.47. The summed E-state index contributed by atoms with van der Waals surface area (Å²) in [6, 6.07) is 15.8. The maximum atomic E-state index is 12.6. The molecule has 0 radical (unpaired) electrons. The molecule has 2 amide bonds. The largest absolute Gasteiger partial charge is 0.336 e. The second kappa shape index (κ2) is 10.0. The number of nitrogens with zero attached hydrogens (tertiary/aromatic N) is 3. The smallest absolute Gasteiger partial charge is 0.253 e. The summed E-state index contributed by atoms with van der Waals surface area (Å²) in [4.78, 5) is 29.1. The molecule has 0 saturated carbocycles. The van der Waals surface area contributed by atoms with Gasteiger partial charge in [-0.3, -0.25) is 9.59 Å². The van der Waals surface area contributed by atoms with E-state index in [0.717, 1.165) is 29.2 Å². The van der Waals surface area contributed by atoms with Gasteiger partial charge in [0.2, 0.25) is 15.9 Å². The number of hydrogen-bond acceptors (Lipinski definition) is 5. The van der Waals surface area contributed by atoms with Gasteiger partial charge >= 0.3 is 0 Å². The molecule has 166 valence electrons. The van der Waals surface area contributed by atoms with E-state index in [1.807, 2.05) is 42.3 Å². The molecule has 3 rings (SSSR count). The first-order valence-corrected chi connectivity index (χ1v) is 11.9. The topological polar surface area (TPSA) is 90.0 Å². The van der Waals surface area contributed by atoms with E-state index in [1.54, 1.807) is 24.3 Å². The SMILES string of the molecule is CN1CCN(C(=O)c2ccc(NC(=O)CN(Cc3ccccc3)S(C)(=O)=O)cc2)CC1. The van der Waals surface area contributed by atoms with Crippen LogP contribution in [0.25, 0.3) is 0 Å². The van der Waals surface area contributed by atoms with Crippen molar-refractivity contribution in [2.75, 3.05) is 51.3 Å². The second-order valence-electron chi connectivity index (χ2n) is 7.74. The van der Waals surface area contributed by atoms with Crippen LogP contribution in [0.15, 0.2) is 54.6 Å². The van der Waals surface area contributed by atoms with Crippen molar-refractivity contribution in [2.45, 2.75) is 6.54 Å². The van der Waals surface area contributed by atoms with Crippen LogP contribution in [0.1, 0.15) is 15.9 Å². The van der Waals surface area contributed by atoms with Crippen LogP contribution in [0.2, 0.25) is 0 Å². The fraction of sp³-hybridized carbons (Fsp3) is 0.364. The summed E-state index contributed by atoms with van der Waals surface area (Å²) in [5, 5.41) is 2.71. The molecular formula is C22H28N4O4S. The van der Waals surface area contributed by atoms with Gasteiger partial charge in [-0.15, -0.1) is 0 Å². The average molecular weight is 445 g/mol. The Kier molecular flexibility index (Phi) is 7.42. The predicted molar refractivity (Wildman–Crippen MR) is 120 cm³/mol. The average Bonchev–Trinajstić information content (AvgIpc) is 2.74. The zero-order valence-corrected chi connectivity index (χ0v) is 18.6. The third kappa shape index (κ3) is 6.61. The van der Waals surface area contributed by atoms with Gasteiger partial charge < -0.3 is 15.1 Å². The Hall–Kier alpha value is -2.75. The number of piperazine rings is 1. The molecular weight excluding hydrogens is 416 g/mol. The van der Waals surface area contributed by atoms with Crippen LogP contribution in [-0.2, 0) is 21.4 Å². The van der Waals surface area contributed by atoms with E-state index in [-0.39, 0.29) is 19.0 Å². The van der Waals surface area contributed by atoms with Crippen molar-refractivity contribution in [3.63, 3.8) is 0 Å². The van der Waals surface area contributed by atoms with Gasteiger partial charge in [-0.2, -0.15) is 4.31 Å². The van der Waals surface area contributed by atoms with Crippen molar-refractivity contribution in [1.82, 2.24) is 14.1 Å². The highest BCUT2D eigenvalue weighted by molar-refractivity contribution is 7.88. The Morgan fingerprint density at radius 1 is 0.968 bits per heavy atom. The third-order valence-corrected chi connectivity index (χ3v) is 6.39.